The average Bonchev–Trinajstić information content (AvgIpc) is 2.25. The van der Waals surface area contributed by atoms with Gasteiger partial charge in [-0.2, -0.15) is 0 Å². The zero-order valence-electron chi connectivity index (χ0n) is 9.10. The molecule has 9 heteroatoms. The fraction of sp³-hybridized carbons (Fsp3) is 0. The zero-order valence-corrected chi connectivity index (χ0v) is 10.7. The normalized spacial score (nSPS) is 12.7. The molecule has 1 N–H and O–H groups in total. The molecule has 2 rings (SSSR count). The first kappa shape index (κ1) is 13.7. The molecule has 0 aromatic heterocycles. The van der Waals surface area contributed by atoms with Gasteiger partial charge in [0.05, 0.1) is 4.90 Å². The predicted molar refractivity (Wildman–Crippen MR) is 61.5 cm³/mol. The van der Waals surface area contributed by atoms with E-state index in [0.717, 1.165) is 24.3 Å². The molecule has 19 heavy (non-hydrogen) atoms. The third kappa shape index (κ3) is 2.54. The fourth-order valence-corrected chi connectivity index (χ4v) is 2.97. The maximum atomic E-state index is 11.1. The third-order valence-electron chi connectivity index (χ3n) is 2.46. The van der Waals surface area contributed by atoms with E-state index in [9.17, 15) is 31.0 Å². The molecule has 0 fully saturated rings. The summed E-state index contributed by atoms with van der Waals surface area (Å²) in [5, 5.41) is 9.31. The summed E-state index contributed by atoms with van der Waals surface area (Å²) in [5.74, 6) is -0.736. The lowest BCUT2D eigenvalue weighted by Crippen LogP contribution is -2.02. The van der Waals surface area contributed by atoms with Crippen LogP contribution in [0.1, 0.15) is 0 Å². The van der Waals surface area contributed by atoms with Crippen LogP contribution in [0.4, 0.5) is 0 Å². The molecule has 0 aliphatic heterocycles. The van der Waals surface area contributed by atoms with E-state index in [1.807, 2.05) is 0 Å². The van der Waals surface area contributed by atoms with E-state index in [1.165, 1.54) is 6.07 Å². The van der Waals surface area contributed by atoms with Gasteiger partial charge < -0.3 is 14.2 Å². The lowest BCUT2D eigenvalue weighted by atomic mass is 10.1. The summed E-state index contributed by atoms with van der Waals surface area (Å²) in [5.41, 5.74) is 0. The molecule has 0 radical (unpaired) electrons. The minimum absolute atomic E-state index is 0.0455. The van der Waals surface area contributed by atoms with Crippen LogP contribution in [0.2, 0.25) is 0 Å². The molecule has 0 amide bonds. The monoisotopic (exact) mass is 302 g/mol. The Kier molecular flexibility index (Phi) is 3.01. The Balaban J connectivity index is 2.91. The molecule has 2 aromatic carbocycles. The highest BCUT2D eigenvalue weighted by Gasteiger charge is 2.14. The van der Waals surface area contributed by atoms with Crippen molar-refractivity contribution in [3.05, 3.63) is 30.3 Å². The summed E-state index contributed by atoms with van der Waals surface area (Å²) < 4.78 is 65.7. The van der Waals surface area contributed by atoms with Crippen molar-refractivity contribution in [3.63, 3.8) is 0 Å². The van der Waals surface area contributed by atoms with Crippen LogP contribution in [-0.2, 0) is 20.2 Å². The van der Waals surface area contributed by atoms with Crippen molar-refractivity contribution < 1.29 is 31.0 Å². The van der Waals surface area contributed by atoms with Crippen LogP contribution in [-0.4, -0.2) is 31.0 Å². The first-order valence-electron chi connectivity index (χ1n) is 4.78. The number of fused-ring (bicyclic) bond motifs is 1. The van der Waals surface area contributed by atoms with E-state index in [0.29, 0.717) is 0 Å². The van der Waals surface area contributed by atoms with Crippen molar-refractivity contribution in [3.8, 4) is 5.75 Å². The van der Waals surface area contributed by atoms with Gasteiger partial charge in [0.15, 0.2) is 0 Å². The number of rotatable bonds is 2. The third-order valence-corrected chi connectivity index (χ3v) is 4.22. The van der Waals surface area contributed by atoms with E-state index in [1.54, 1.807) is 0 Å². The van der Waals surface area contributed by atoms with Crippen LogP contribution in [0.25, 0.3) is 10.8 Å². The molecule has 0 atom stereocenters. The minimum atomic E-state index is -4.94. The summed E-state index contributed by atoms with van der Waals surface area (Å²) in [6, 6.07) is 4.94. The van der Waals surface area contributed by atoms with Gasteiger partial charge in [0.2, 0.25) is 0 Å². The van der Waals surface area contributed by atoms with Gasteiger partial charge in [-0.05, 0) is 23.6 Å². The minimum Gasteiger partial charge on any atom is -0.744 e. The summed E-state index contributed by atoms with van der Waals surface area (Å²) in [4.78, 5) is -1.40. The summed E-state index contributed by atoms with van der Waals surface area (Å²) in [6.45, 7) is 0. The van der Waals surface area contributed by atoms with E-state index >= 15 is 0 Å². The van der Waals surface area contributed by atoms with E-state index in [2.05, 4.69) is 0 Å². The smallest absolute Gasteiger partial charge is 0.133 e. The van der Waals surface area contributed by atoms with Gasteiger partial charge in [-0.3, -0.25) is 0 Å². The Hall–Kier alpha value is -1.68. The van der Waals surface area contributed by atoms with Crippen molar-refractivity contribution >= 4 is 31.0 Å². The number of hydrogen-bond donors (Lipinski definition) is 1. The Morgan fingerprint density at radius 3 is 2.05 bits per heavy atom. The van der Waals surface area contributed by atoms with Gasteiger partial charge in [-0.15, -0.1) is 0 Å². The highest BCUT2D eigenvalue weighted by atomic mass is 32.2. The molecule has 7 nitrogen and oxygen atoms in total. The van der Waals surface area contributed by atoms with Crippen molar-refractivity contribution in [2.45, 2.75) is 9.79 Å². The van der Waals surface area contributed by atoms with Crippen LogP contribution >= 0.6 is 0 Å². The molecule has 0 aliphatic rings. The van der Waals surface area contributed by atoms with Crippen molar-refractivity contribution in [2.75, 3.05) is 0 Å². The highest BCUT2D eigenvalue weighted by Crippen LogP contribution is 2.32. The second-order valence-electron chi connectivity index (χ2n) is 3.71. The van der Waals surface area contributed by atoms with Crippen molar-refractivity contribution in [1.82, 2.24) is 0 Å². The first-order valence-corrected chi connectivity index (χ1v) is 7.60. The fourth-order valence-electron chi connectivity index (χ4n) is 1.69. The van der Waals surface area contributed by atoms with Gasteiger partial charge in [0.25, 0.3) is 0 Å². The molecule has 0 saturated carbocycles. The van der Waals surface area contributed by atoms with Gasteiger partial charge in [-0.1, -0.05) is 12.1 Å². The number of phenolic OH excluding ortho intramolecular Hbond substituents is 1. The number of benzene rings is 2. The Bertz CT molecular complexity index is 866. The van der Waals surface area contributed by atoms with Crippen LogP contribution < -0.4 is 0 Å². The summed E-state index contributed by atoms with van der Waals surface area (Å²) in [7, 11) is -9.63. The van der Waals surface area contributed by atoms with Crippen molar-refractivity contribution in [1.29, 1.82) is 0 Å². The maximum absolute atomic E-state index is 11.1. The SMILES string of the molecule is O=S(=O)([O-])c1ccc2c(S(=O)(=O)[O-])c(O)ccc2c1. The second kappa shape index (κ2) is 4.17. The molecule has 0 saturated heterocycles. The molecule has 0 unspecified atom stereocenters. The summed E-state index contributed by atoms with van der Waals surface area (Å²) >= 11 is 0. The number of aromatic hydroxyl groups is 1. The Morgan fingerprint density at radius 2 is 1.53 bits per heavy atom. The largest absolute Gasteiger partial charge is 0.744 e. The Morgan fingerprint density at radius 1 is 0.895 bits per heavy atom. The van der Waals surface area contributed by atoms with Crippen LogP contribution in [0.15, 0.2) is 40.1 Å². The topological polar surface area (TPSA) is 135 Å². The van der Waals surface area contributed by atoms with Crippen LogP contribution in [0.5, 0.6) is 5.75 Å². The molecule has 0 bridgehead atoms. The number of hydrogen-bond acceptors (Lipinski definition) is 7. The van der Waals surface area contributed by atoms with Crippen LogP contribution in [0, 0.1) is 0 Å². The maximum Gasteiger partial charge on any atom is 0.133 e. The predicted octanol–water partition coefficient (Wildman–Crippen LogP) is 0.354. The molecule has 0 heterocycles. The highest BCUT2D eigenvalue weighted by molar-refractivity contribution is 7.86. The quantitative estimate of drug-likeness (QED) is 0.791. The van der Waals surface area contributed by atoms with E-state index in [-0.39, 0.29) is 10.8 Å². The standard InChI is InChI=1S/C10H8O7S2/c11-9-4-1-6-5-7(18(12,13)14)2-3-8(6)10(9)19(15,16)17/h1-5,11H,(H,12,13,14)(H,15,16,17)/p-2. The second-order valence-corrected chi connectivity index (χ2v) is 6.40. The molecule has 2 aromatic rings. The number of phenols is 1. The van der Waals surface area contributed by atoms with Gasteiger partial charge >= 0.3 is 0 Å². The van der Waals surface area contributed by atoms with Gasteiger partial charge in [-0.25, -0.2) is 16.8 Å². The van der Waals surface area contributed by atoms with E-state index < -0.39 is 35.8 Å². The molecule has 0 aliphatic carbocycles. The summed E-state index contributed by atoms with van der Waals surface area (Å²) in [6.07, 6.45) is 0. The lowest BCUT2D eigenvalue weighted by Gasteiger charge is -2.14. The molecule has 0 spiro atoms. The molecular weight excluding hydrogens is 296 g/mol. The molecule has 102 valence electrons. The van der Waals surface area contributed by atoms with Crippen LogP contribution in [0.3, 0.4) is 0 Å². The lowest BCUT2D eigenvalue weighted by molar-refractivity contribution is 0.437. The van der Waals surface area contributed by atoms with Crippen molar-refractivity contribution in [2.24, 2.45) is 0 Å². The first-order chi connectivity index (χ1) is 8.60. The van der Waals surface area contributed by atoms with Gasteiger partial charge in [0.1, 0.15) is 30.9 Å². The zero-order chi connectivity index (χ0) is 14.4. The van der Waals surface area contributed by atoms with E-state index in [4.69, 9.17) is 0 Å². The molecular formula is C10H6O7S2-2. The average molecular weight is 302 g/mol. The van der Waals surface area contributed by atoms with Gasteiger partial charge in [0, 0.05) is 5.39 Å². The Labute approximate surface area is 108 Å².